The number of nitrogens with one attached hydrogen (secondary N) is 1. The fourth-order valence-corrected chi connectivity index (χ4v) is 2.46. The molecule has 100 valence electrons. The highest BCUT2D eigenvalue weighted by atomic mass is 79.9. The molecule has 2 aromatic rings. The van der Waals surface area contributed by atoms with Gasteiger partial charge < -0.3 is 5.32 Å². The lowest BCUT2D eigenvalue weighted by Crippen LogP contribution is -2.20. The molecule has 0 aliphatic rings. The minimum atomic E-state index is -0.932. The van der Waals surface area contributed by atoms with Crippen molar-refractivity contribution in [1.82, 2.24) is 5.32 Å². The molecule has 0 saturated heterocycles. The summed E-state index contributed by atoms with van der Waals surface area (Å²) in [6.07, 6.45) is 0. The quantitative estimate of drug-likeness (QED) is 0.890. The third kappa shape index (κ3) is 2.67. The Bertz CT molecular complexity index is 550. The van der Waals surface area contributed by atoms with Crippen LogP contribution in [0.1, 0.15) is 17.2 Å². The predicted molar refractivity (Wildman–Crippen MR) is 71.4 cm³/mol. The summed E-state index contributed by atoms with van der Waals surface area (Å²) in [7, 11) is 1.60. The zero-order chi connectivity index (χ0) is 14.0. The standard InChI is InChI=1S/C14H11BrF3N/c1-19-14(8-4-2-6-10(16)12(8)15)9-5-3-7-11(17)13(9)18/h2-7,14,19H,1H3. The van der Waals surface area contributed by atoms with Crippen LogP contribution in [0.2, 0.25) is 0 Å². The summed E-state index contributed by atoms with van der Waals surface area (Å²) >= 11 is 3.13. The van der Waals surface area contributed by atoms with Crippen LogP contribution >= 0.6 is 15.9 Å². The number of hydrogen-bond acceptors (Lipinski definition) is 1. The highest BCUT2D eigenvalue weighted by Crippen LogP contribution is 2.31. The van der Waals surface area contributed by atoms with Crippen LogP contribution in [0.4, 0.5) is 13.2 Å². The number of hydrogen-bond donors (Lipinski definition) is 1. The average Bonchev–Trinajstić information content (AvgIpc) is 2.40. The van der Waals surface area contributed by atoms with Crippen molar-refractivity contribution in [3.05, 3.63) is 69.4 Å². The maximum Gasteiger partial charge on any atom is 0.163 e. The van der Waals surface area contributed by atoms with Crippen molar-refractivity contribution in [2.75, 3.05) is 7.05 Å². The van der Waals surface area contributed by atoms with Gasteiger partial charge in [0.2, 0.25) is 0 Å². The Balaban J connectivity index is 2.57. The molecule has 0 bridgehead atoms. The summed E-state index contributed by atoms with van der Waals surface area (Å²) in [4.78, 5) is 0. The van der Waals surface area contributed by atoms with E-state index in [1.54, 1.807) is 13.1 Å². The van der Waals surface area contributed by atoms with E-state index in [2.05, 4.69) is 21.2 Å². The van der Waals surface area contributed by atoms with Gasteiger partial charge in [0, 0.05) is 5.56 Å². The first-order valence-corrected chi connectivity index (χ1v) is 6.40. The molecule has 0 heterocycles. The lowest BCUT2D eigenvalue weighted by Gasteiger charge is -2.19. The summed E-state index contributed by atoms with van der Waals surface area (Å²) in [6.45, 7) is 0. The van der Waals surface area contributed by atoms with Gasteiger partial charge in [-0.05, 0) is 40.7 Å². The maximum absolute atomic E-state index is 13.8. The molecule has 5 heteroatoms. The van der Waals surface area contributed by atoms with Crippen molar-refractivity contribution < 1.29 is 13.2 Å². The number of benzene rings is 2. The van der Waals surface area contributed by atoms with Crippen molar-refractivity contribution in [3.63, 3.8) is 0 Å². The Morgan fingerprint density at radius 1 is 0.947 bits per heavy atom. The predicted octanol–water partition coefficient (Wildman–Crippen LogP) is 4.18. The first-order chi connectivity index (χ1) is 9.06. The molecule has 0 saturated carbocycles. The molecule has 0 aromatic heterocycles. The van der Waals surface area contributed by atoms with Gasteiger partial charge in [-0.15, -0.1) is 0 Å². The van der Waals surface area contributed by atoms with Crippen molar-refractivity contribution in [2.24, 2.45) is 0 Å². The van der Waals surface area contributed by atoms with Crippen molar-refractivity contribution in [3.8, 4) is 0 Å². The second-order valence-electron chi connectivity index (χ2n) is 4.01. The summed E-state index contributed by atoms with van der Waals surface area (Å²) in [5, 5.41) is 2.87. The van der Waals surface area contributed by atoms with Crippen LogP contribution in [0.15, 0.2) is 40.9 Å². The lowest BCUT2D eigenvalue weighted by atomic mass is 9.98. The molecule has 2 rings (SSSR count). The van der Waals surface area contributed by atoms with E-state index in [0.717, 1.165) is 6.07 Å². The molecule has 1 unspecified atom stereocenters. The molecule has 1 nitrogen and oxygen atoms in total. The van der Waals surface area contributed by atoms with E-state index in [1.165, 1.54) is 24.3 Å². The smallest absolute Gasteiger partial charge is 0.163 e. The van der Waals surface area contributed by atoms with Gasteiger partial charge in [-0.2, -0.15) is 0 Å². The number of rotatable bonds is 3. The SMILES string of the molecule is CNC(c1cccc(F)c1F)c1cccc(F)c1Br. The number of halogens is 4. The van der Waals surface area contributed by atoms with Crippen LogP contribution < -0.4 is 5.32 Å². The van der Waals surface area contributed by atoms with Crippen LogP contribution in [0, 0.1) is 17.5 Å². The van der Waals surface area contributed by atoms with Gasteiger partial charge in [0.05, 0.1) is 10.5 Å². The van der Waals surface area contributed by atoms with Crippen molar-refractivity contribution in [2.45, 2.75) is 6.04 Å². The van der Waals surface area contributed by atoms with Crippen molar-refractivity contribution in [1.29, 1.82) is 0 Å². The van der Waals surface area contributed by atoms with E-state index in [-0.39, 0.29) is 10.0 Å². The van der Waals surface area contributed by atoms with Gasteiger partial charge in [0.25, 0.3) is 0 Å². The second kappa shape index (κ2) is 5.75. The molecule has 1 atom stereocenters. The normalized spacial score (nSPS) is 12.5. The van der Waals surface area contributed by atoms with Gasteiger partial charge in [0.15, 0.2) is 11.6 Å². The van der Waals surface area contributed by atoms with Crippen LogP contribution in [0.25, 0.3) is 0 Å². The molecular weight excluding hydrogens is 319 g/mol. The first kappa shape index (κ1) is 14.1. The minimum absolute atomic E-state index is 0.133. The molecular formula is C14H11BrF3N. The maximum atomic E-state index is 13.8. The third-order valence-corrected chi connectivity index (χ3v) is 3.71. The van der Waals surface area contributed by atoms with E-state index in [9.17, 15) is 13.2 Å². The second-order valence-corrected chi connectivity index (χ2v) is 4.80. The molecule has 0 fully saturated rings. The Morgan fingerprint density at radius 2 is 1.53 bits per heavy atom. The molecule has 19 heavy (non-hydrogen) atoms. The summed E-state index contributed by atoms with van der Waals surface area (Å²) in [6, 6.07) is 7.77. The zero-order valence-corrected chi connectivity index (χ0v) is 11.6. The summed E-state index contributed by atoms with van der Waals surface area (Å²) in [5.41, 5.74) is 0.640. The van der Waals surface area contributed by atoms with E-state index in [1.807, 2.05) is 0 Å². The third-order valence-electron chi connectivity index (χ3n) is 2.87. The van der Waals surface area contributed by atoms with E-state index in [4.69, 9.17) is 0 Å². The Hall–Kier alpha value is -1.33. The zero-order valence-electron chi connectivity index (χ0n) is 10.1. The molecule has 0 aliphatic heterocycles. The Kier molecular flexibility index (Phi) is 4.27. The molecule has 0 aliphatic carbocycles. The topological polar surface area (TPSA) is 12.0 Å². The first-order valence-electron chi connectivity index (χ1n) is 5.61. The largest absolute Gasteiger partial charge is 0.309 e. The van der Waals surface area contributed by atoms with Gasteiger partial charge in [-0.25, -0.2) is 13.2 Å². The monoisotopic (exact) mass is 329 g/mol. The van der Waals surface area contributed by atoms with Gasteiger partial charge in [-0.3, -0.25) is 0 Å². The molecule has 0 amide bonds. The molecule has 0 radical (unpaired) electrons. The van der Waals surface area contributed by atoms with Crippen LogP contribution in [0.3, 0.4) is 0 Å². The lowest BCUT2D eigenvalue weighted by molar-refractivity contribution is 0.486. The highest BCUT2D eigenvalue weighted by molar-refractivity contribution is 9.10. The van der Waals surface area contributed by atoms with Crippen LogP contribution in [-0.2, 0) is 0 Å². The highest BCUT2D eigenvalue weighted by Gasteiger charge is 2.21. The van der Waals surface area contributed by atoms with E-state index in [0.29, 0.717) is 5.56 Å². The van der Waals surface area contributed by atoms with Gasteiger partial charge >= 0.3 is 0 Å². The van der Waals surface area contributed by atoms with Gasteiger partial charge in [0.1, 0.15) is 5.82 Å². The van der Waals surface area contributed by atoms with E-state index < -0.39 is 23.5 Å². The van der Waals surface area contributed by atoms with E-state index >= 15 is 0 Å². The Morgan fingerprint density at radius 3 is 2.16 bits per heavy atom. The fraction of sp³-hybridized carbons (Fsp3) is 0.143. The summed E-state index contributed by atoms with van der Waals surface area (Å²) in [5.74, 6) is -2.31. The minimum Gasteiger partial charge on any atom is -0.309 e. The molecule has 0 spiro atoms. The summed E-state index contributed by atoms with van der Waals surface area (Å²) < 4.78 is 40.9. The Labute approximate surface area is 117 Å². The average molecular weight is 330 g/mol. The molecule has 1 N–H and O–H groups in total. The van der Waals surface area contributed by atoms with Gasteiger partial charge in [-0.1, -0.05) is 24.3 Å². The molecule has 2 aromatic carbocycles. The van der Waals surface area contributed by atoms with Crippen LogP contribution in [-0.4, -0.2) is 7.05 Å². The van der Waals surface area contributed by atoms with Crippen LogP contribution in [0.5, 0.6) is 0 Å². The fourth-order valence-electron chi connectivity index (χ4n) is 1.97. The van der Waals surface area contributed by atoms with Crippen molar-refractivity contribution >= 4 is 15.9 Å².